The zero-order chi connectivity index (χ0) is 20.4. The minimum absolute atomic E-state index is 0.0962. The van der Waals surface area contributed by atoms with Crippen molar-refractivity contribution in [2.75, 3.05) is 20.4 Å². The van der Waals surface area contributed by atoms with E-state index in [0.29, 0.717) is 23.6 Å². The van der Waals surface area contributed by atoms with Gasteiger partial charge in [-0.3, -0.25) is 9.59 Å². The third-order valence-electron chi connectivity index (χ3n) is 4.96. The van der Waals surface area contributed by atoms with Gasteiger partial charge in [0.05, 0.1) is 6.54 Å². The minimum atomic E-state index is -0.340. The second-order valence-electron chi connectivity index (χ2n) is 6.85. The number of nitrogens with zero attached hydrogens (tertiary/aromatic N) is 1. The molecule has 4 rings (SSSR count). The van der Waals surface area contributed by atoms with Crippen LogP contribution in [-0.2, 0) is 17.8 Å². The molecule has 2 amide bonds. The predicted molar refractivity (Wildman–Crippen MR) is 107 cm³/mol. The van der Waals surface area contributed by atoms with Crippen LogP contribution in [0.5, 0.6) is 11.5 Å². The van der Waals surface area contributed by atoms with Gasteiger partial charge < -0.3 is 24.1 Å². The first-order valence-electron chi connectivity index (χ1n) is 9.48. The number of rotatable bonds is 6. The summed E-state index contributed by atoms with van der Waals surface area (Å²) < 4.78 is 16.4. The molecule has 0 aliphatic carbocycles. The van der Waals surface area contributed by atoms with Crippen molar-refractivity contribution < 1.29 is 23.5 Å². The van der Waals surface area contributed by atoms with Crippen molar-refractivity contribution >= 4 is 22.8 Å². The Kier molecular flexibility index (Phi) is 5.12. The zero-order valence-electron chi connectivity index (χ0n) is 16.4. The molecule has 0 bridgehead atoms. The SMILES string of the molecule is CCc1oc2ccccc2c1CN(C)C(=O)CNC(=O)c1ccc2c(c1)OCO2. The second kappa shape index (κ2) is 7.87. The molecule has 29 heavy (non-hydrogen) atoms. The number of hydrogen-bond donors (Lipinski definition) is 1. The topological polar surface area (TPSA) is 81.0 Å². The highest BCUT2D eigenvalue weighted by molar-refractivity contribution is 5.97. The van der Waals surface area contributed by atoms with Crippen LogP contribution in [0.4, 0.5) is 0 Å². The molecule has 3 aromatic rings. The average molecular weight is 394 g/mol. The molecule has 1 N–H and O–H groups in total. The molecule has 0 unspecified atom stereocenters. The van der Waals surface area contributed by atoms with E-state index in [2.05, 4.69) is 5.32 Å². The van der Waals surface area contributed by atoms with Crippen molar-refractivity contribution in [2.24, 2.45) is 0 Å². The Morgan fingerprint density at radius 3 is 2.72 bits per heavy atom. The summed E-state index contributed by atoms with van der Waals surface area (Å²) in [5.74, 6) is 1.48. The molecule has 1 aliphatic rings. The van der Waals surface area contributed by atoms with Crippen molar-refractivity contribution in [1.82, 2.24) is 10.2 Å². The fourth-order valence-electron chi connectivity index (χ4n) is 3.36. The van der Waals surface area contributed by atoms with Crippen molar-refractivity contribution in [3.8, 4) is 11.5 Å². The molecule has 0 saturated carbocycles. The summed E-state index contributed by atoms with van der Waals surface area (Å²) in [6.07, 6.45) is 0.743. The number of benzene rings is 2. The van der Waals surface area contributed by atoms with E-state index in [9.17, 15) is 9.59 Å². The first-order chi connectivity index (χ1) is 14.1. The van der Waals surface area contributed by atoms with Crippen molar-refractivity contribution in [3.63, 3.8) is 0 Å². The number of carbonyl (C=O) groups excluding carboxylic acids is 2. The van der Waals surface area contributed by atoms with Crippen LogP contribution in [0.1, 0.15) is 28.6 Å². The van der Waals surface area contributed by atoms with Crippen LogP contribution in [0.2, 0.25) is 0 Å². The number of carbonyl (C=O) groups is 2. The van der Waals surface area contributed by atoms with Crippen LogP contribution < -0.4 is 14.8 Å². The summed E-state index contributed by atoms with van der Waals surface area (Å²) in [4.78, 5) is 26.5. The monoisotopic (exact) mass is 394 g/mol. The molecule has 150 valence electrons. The van der Waals surface area contributed by atoms with Gasteiger partial charge in [0, 0.05) is 36.5 Å². The Balaban J connectivity index is 1.39. The molecule has 1 aliphatic heterocycles. The Bertz CT molecular complexity index is 1070. The number of amides is 2. The summed E-state index contributed by atoms with van der Waals surface area (Å²) in [5, 5.41) is 3.67. The van der Waals surface area contributed by atoms with Gasteiger partial charge >= 0.3 is 0 Å². The summed E-state index contributed by atoms with van der Waals surface area (Å²) in [5.41, 5.74) is 2.23. The minimum Gasteiger partial charge on any atom is -0.461 e. The summed E-state index contributed by atoms with van der Waals surface area (Å²) >= 11 is 0. The van der Waals surface area contributed by atoms with Gasteiger partial charge in [-0.1, -0.05) is 25.1 Å². The van der Waals surface area contributed by atoms with Gasteiger partial charge in [0.1, 0.15) is 11.3 Å². The number of ether oxygens (including phenoxy) is 2. The molecule has 0 fully saturated rings. The predicted octanol–water partition coefficient (Wildman–Crippen LogP) is 3.11. The molecule has 1 aromatic heterocycles. The number of hydrogen-bond acceptors (Lipinski definition) is 5. The standard InChI is InChI=1S/C22H22N2O5/c1-3-17-16(15-6-4-5-7-18(15)29-17)12-24(2)21(25)11-23-22(26)14-8-9-19-20(10-14)28-13-27-19/h4-10H,3,11-13H2,1-2H3,(H,23,26). The smallest absolute Gasteiger partial charge is 0.251 e. The van der Waals surface area contributed by atoms with Crippen LogP contribution in [0.3, 0.4) is 0 Å². The summed E-state index contributed by atoms with van der Waals surface area (Å²) in [6.45, 7) is 2.49. The lowest BCUT2D eigenvalue weighted by molar-refractivity contribution is -0.129. The number of likely N-dealkylation sites (N-methyl/N-ethyl adjacent to an activating group) is 1. The summed E-state index contributed by atoms with van der Waals surface area (Å²) in [6, 6.07) is 12.7. The Morgan fingerprint density at radius 1 is 1.10 bits per heavy atom. The molecule has 2 aromatic carbocycles. The third-order valence-corrected chi connectivity index (χ3v) is 4.96. The van der Waals surface area contributed by atoms with E-state index in [0.717, 1.165) is 28.7 Å². The van der Waals surface area contributed by atoms with Gasteiger partial charge in [-0.25, -0.2) is 0 Å². The van der Waals surface area contributed by atoms with E-state index < -0.39 is 0 Å². The lowest BCUT2D eigenvalue weighted by atomic mass is 10.1. The average Bonchev–Trinajstić information content (AvgIpc) is 3.35. The van der Waals surface area contributed by atoms with E-state index in [1.807, 2.05) is 31.2 Å². The van der Waals surface area contributed by atoms with E-state index >= 15 is 0 Å². The Morgan fingerprint density at radius 2 is 1.90 bits per heavy atom. The first kappa shape index (κ1) is 18.9. The van der Waals surface area contributed by atoms with Gasteiger partial charge in [-0.2, -0.15) is 0 Å². The molecule has 7 heteroatoms. The number of fused-ring (bicyclic) bond motifs is 2. The van der Waals surface area contributed by atoms with E-state index in [4.69, 9.17) is 13.9 Å². The normalized spacial score (nSPS) is 12.2. The van der Waals surface area contributed by atoms with Crippen molar-refractivity contribution in [2.45, 2.75) is 19.9 Å². The largest absolute Gasteiger partial charge is 0.461 e. The maximum absolute atomic E-state index is 12.6. The molecule has 0 atom stereocenters. The molecule has 0 spiro atoms. The van der Waals surface area contributed by atoms with Crippen molar-refractivity contribution in [3.05, 3.63) is 59.4 Å². The highest BCUT2D eigenvalue weighted by Crippen LogP contribution is 2.32. The second-order valence-corrected chi connectivity index (χ2v) is 6.85. The van der Waals surface area contributed by atoms with E-state index in [1.165, 1.54) is 0 Å². The lowest BCUT2D eigenvalue weighted by Gasteiger charge is -2.18. The van der Waals surface area contributed by atoms with Gasteiger partial charge in [-0.05, 0) is 24.3 Å². The molecular formula is C22H22N2O5. The van der Waals surface area contributed by atoms with Crippen LogP contribution >= 0.6 is 0 Å². The maximum Gasteiger partial charge on any atom is 0.251 e. The van der Waals surface area contributed by atoms with Crippen LogP contribution in [0.25, 0.3) is 11.0 Å². The first-order valence-corrected chi connectivity index (χ1v) is 9.48. The number of furan rings is 1. The fraction of sp³-hybridized carbons (Fsp3) is 0.273. The molecule has 0 saturated heterocycles. The van der Waals surface area contributed by atoms with Gasteiger partial charge in [0.15, 0.2) is 11.5 Å². The summed E-state index contributed by atoms with van der Waals surface area (Å²) in [7, 11) is 1.72. The Hall–Kier alpha value is -3.48. The number of para-hydroxylation sites is 1. The molecular weight excluding hydrogens is 372 g/mol. The molecule has 0 radical (unpaired) electrons. The molecule has 7 nitrogen and oxygen atoms in total. The third kappa shape index (κ3) is 3.76. The van der Waals surface area contributed by atoms with Crippen LogP contribution in [-0.4, -0.2) is 37.1 Å². The maximum atomic E-state index is 12.6. The lowest BCUT2D eigenvalue weighted by Crippen LogP contribution is -2.37. The van der Waals surface area contributed by atoms with Crippen LogP contribution in [0, 0.1) is 0 Å². The van der Waals surface area contributed by atoms with E-state index in [1.54, 1.807) is 30.1 Å². The zero-order valence-corrected chi connectivity index (χ0v) is 16.4. The van der Waals surface area contributed by atoms with Crippen LogP contribution in [0.15, 0.2) is 46.9 Å². The van der Waals surface area contributed by atoms with Crippen molar-refractivity contribution in [1.29, 1.82) is 0 Å². The quantitative estimate of drug-likeness (QED) is 0.695. The van der Waals surface area contributed by atoms with Gasteiger partial charge in [0.25, 0.3) is 5.91 Å². The number of nitrogens with one attached hydrogen (secondary N) is 1. The highest BCUT2D eigenvalue weighted by atomic mass is 16.7. The van der Waals surface area contributed by atoms with E-state index in [-0.39, 0.29) is 25.2 Å². The highest BCUT2D eigenvalue weighted by Gasteiger charge is 2.19. The number of aryl methyl sites for hydroxylation is 1. The molecule has 2 heterocycles. The fourth-order valence-corrected chi connectivity index (χ4v) is 3.36. The van der Waals surface area contributed by atoms with Gasteiger partial charge in [-0.15, -0.1) is 0 Å². The van der Waals surface area contributed by atoms with Gasteiger partial charge in [0.2, 0.25) is 12.7 Å². The Labute approximate surface area is 168 Å².